The van der Waals surface area contributed by atoms with Crippen LogP contribution in [0.15, 0.2) is 72.8 Å². The Balaban J connectivity index is 1.07. The summed E-state index contributed by atoms with van der Waals surface area (Å²) >= 11 is 0. The SMILES string of the molecule is O=C(CNC(=O)C1c2ccccc2C(=O)N1C1CC1)Nc1ccc(C(=O)N2CCc3ccccc32)cc1. The molecular weight excluding hydrogens is 468 g/mol. The molecule has 37 heavy (non-hydrogen) atoms. The minimum absolute atomic E-state index is 0.0692. The van der Waals surface area contributed by atoms with Gasteiger partial charge in [-0.25, -0.2) is 0 Å². The minimum Gasteiger partial charge on any atom is -0.345 e. The number of hydrogen-bond acceptors (Lipinski definition) is 4. The summed E-state index contributed by atoms with van der Waals surface area (Å²) in [6.45, 7) is 0.418. The molecule has 3 aliphatic rings. The summed E-state index contributed by atoms with van der Waals surface area (Å²) in [6.07, 6.45) is 2.60. The first-order valence-corrected chi connectivity index (χ1v) is 12.5. The number of benzene rings is 3. The zero-order valence-electron chi connectivity index (χ0n) is 20.1. The second kappa shape index (κ2) is 9.20. The van der Waals surface area contributed by atoms with E-state index in [1.165, 1.54) is 0 Å². The van der Waals surface area contributed by atoms with Crippen molar-refractivity contribution in [1.82, 2.24) is 10.2 Å². The van der Waals surface area contributed by atoms with Crippen LogP contribution in [0.5, 0.6) is 0 Å². The molecule has 0 spiro atoms. The highest BCUT2D eigenvalue weighted by atomic mass is 16.2. The van der Waals surface area contributed by atoms with Gasteiger partial charge in [0.1, 0.15) is 6.04 Å². The Morgan fingerprint density at radius 1 is 0.892 bits per heavy atom. The number of carbonyl (C=O) groups is 4. The maximum atomic E-state index is 13.1. The Labute approximate surface area is 214 Å². The number of anilines is 2. The number of fused-ring (bicyclic) bond motifs is 2. The molecule has 8 heteroatoms. The number of rotatable bonds is 6. The molecule has 2 N–H and O–H groups in total. The lowest BCUT2D eigenvalue weighted by Crippen LogP contribution is -2.42. The third-order valence-corrected chi connectivity index (χ3v) is 7.16. The molecule has 3 aromatic carbocycles. The van der Waals surface area contributed by atoms with Crippen molar-refractivity contribution in [2.24, 2.45) is 0 Å². The Kier molecular flexibility index (Phi) is 5.71. The third-order valence-electron chi connectivity index (χ3n) is 7.16. The van der Waals surface area contributed by atoms with Gasteiger partial charge < -0.3 is 20.4 Å². The van der Waals surface area contributed by atoms with E-state index in [0.29, 0.717) is 28.9 Å². The molecule has 0 saturated heterocycles. The lowest BCUT2D eigenvalue weighted by atomic mass is 10.0. The zero-order chi connectivity index (χ0) is 25.5. The molecule has 2 aliphatic heterocycles. The highest BCUT2D eigenvalue weighted by molar-refractivity contribution is 6.08. The van der Waals surface area contributed by atoms with Gasteiger partial charge in [0.15, 0.2) is 0 Å². The van der Waals surface area contributed by atoms with Crippen LogP contribution in [0.4, 0.5) is 11.4 Å². The van der Waals surface area contributed by atoms with E-state index in [2.05, 4.69) is 10.6 Å². The van der Waals surface area contributed by atoms with Crippen molar-refractivity contribution in [1.29, 1.82) is 0 Å². The van der Waals surface area contributed by atoms with Crippen LogP contribution in [-0.4, -0.2) is 47.7 Å². The molecule has 1 aliphatic carbocycles. The molecule has 1 fully saturated rings. The molecule has 186 valence electrons. The van der Waals surface area contributed by atoms with Crippen molar-refractivity contribution in [3.63, 3.8) is 0 Å². The van der Waals surface area contributed by atoms with E-state index in [1.807, 2.05) is 30.3 Å². The number of nitrogens with zero attached hydrogens (tertiary/aromatic N) is 2. The molecular formula is C29H26N4O4. The maximum Gasteiger partial charge on any atom is 0.258 e. The van der Waals surface area contributed by atoms with Crippen molar-refractivity contribution in [3.8, 4) is 0 Å². The van der Waals surface area contributed by atoms with Crippen molar-refractivity contribution in [2.45, 2.75) is 31.3 Å². The molecule has 0 bridgehead atoms. The Morgan fingerprint density at radius 3 is 2.41 bits per heavy atom. The summed E-state index contributed by atoms with van der Waals surface area (Å²) in [7, 11) is 0. The van der Waals surface area contributed by atoms with E-state index in [1.54, 1.807) is 52.3 Å². The van der Waals surface area contributed by atoms with E-state index < -0.39 is 11.9 Å². The summed E-state index contributed by atoms with van der Waals surface area (Å²) in [5.41, 5.74) is 4.38. The highest BCUT2D eigenvalue weighted by Crippen LogP contribution is 2.41. The fourth-order valence-corrected chi connectivity index (χ4v) is 5.20. The van der Waals surface area contributed by atoms with E-state index in [0.717, 1.165) is 30.5 Å². The fraction of sp³-hybridized carbons (Fsp3) is 0.241. The number of para-hydroxylation sites is 1. The number of carbonyl (C=O) groups excluding carboxylic acids is 4. The number of hydrogen-bond donors (Lipinski definition) is 2. The van der Waals surface area contributed by atoms with Gasteiger partial charge in [-0.1, -0.05) is 36.4 Å². The third kappa shape index (κ3) is 4.24. The molecule has 0 radical (unpaired) electrons. The van der Waals surface area contributed by atoms with Crippen LogP contribution in [0.2, 0.25) is 0 Å². The topological polar surface area (TPSA) is 98.8 Å². The van der Waals surface area contributed by atoms with E-state index in [9.17, 15) is 19.2 Å². The number of nitrogens with one attached hydrogen (secondary N) is 2. The van der Waals surface area contributed by atoms with E-state index >= 15 is 0 Å². The predicted molar refractivity (Wildman–Crippen MR) is 138 cm³/mol. The van der Waals surface area contributed by atoms with Crippen LogP contribution >= 0.6 is 0 Å². The van der Waals surface area contributed by atoms with Gasteiger partial charge >= 0.3 is 0 Å². The molecule has 2 heterocycles. The van der Waals surface area contributed by atoms with Gasteiger partial charge in [0.2, 0.25) is 11.8 Å². The lowest BCUT2D eigenvalue weighted by Gasteiger charge is -2.24. The van der Waals surface area contributed by atoms with Crippen LogP contribution in [-0.2, 0) is 16.0 Å². The zero-order valence-corrected chi connectivity index (χ0v) is 20.1. The molecule has 0 aromatic heterocycles. The van der Waals surface area contributed by atoms with Gasteiger partial charge in [-0.3, -0.25) is 19.2 Å². The maximum absolute atomic E-state index is 13.1. The van der Waals surface area contributed by atoms with Crippen molar-refractivity contribution in [3.05, 3.63) is 95.1 Å². The summed E-state index contributed by atoms with van der Waals surface area (Å²) in [5.74, 6) is -0.972. The summed E-state index contributed by atoms with van der Waals surface area (Å²) in [6, 6.07) is 21.1. The quantitative estimate of drug-likeness (QED) is 0.549. The molecule has 1 saturated carbocycles. The predicted octanol–water partition coefficient (Wildman–Crippen LogP) is 3.30. The van der Waals surface area contributed by atoms with Gasteiger partial charge in [0.25, 0.3) is 11.8 Å². The van der Waals surface area contributed by atoms with Crippen LogP contribution in [0, 0.1) is 0 Å². The van der Waals surface area contributed by atoms with Gasteiger partial charge in [-0.15, -0.1) is 0 Å². The first-order chi connectivity index (χ1) is 18.0. The average Bonchev–Trinajstić information content (AvgIpc) is 3.60. The Bertz CT molecular complexity index is 1410. The summed E-state index contributed by atoms with van der Waals surface area (Å²) in [5, 5.41) is 5.44. The van der Waals surface area contributed by atoms with Crippen molar-refractivity contribution >= 4 is 35.0 Å². The second-order valence-corrected chi connectivity index (χ2v) is 9.61. The number of amides is 4. The van der Waals surface area contributed by atoms with Gasteiger partial charge in [-0.2, -0.15) is 0 Å². The second-order valence-electron chi connectivity index (χ2n) is 9.61. The van der Waals surface area contributed by atoms with E-state index in [-0.39, 0.29) is 30.3 Å². The first kappa shape index (κ1) is 23.0. The van der Waals surface area contributed by atoms with Crippen molar-refractivity contribution in [2.75, 3.05) is 23.3 Å². The summed E-state index contributed by atoms with van der Waals surface area (Å²) < 4.78 is 0. The van der Waals surface area contributed by atoms with Crippen LogP contribution in [0.1, 0.15) is 50.7 Å². The molecule has 1 atom stereocenters. The van der Waals surface area contributed by atoms with Crippen LogP contribution < -0.4 is 15.5 Å². The van der Waals surface area contributed by atoms with Gasteiger partial charge in [0, 0.05) is 35.1 Å². The Hall–Kier alpha value is -4.46. The van der Waals surface area contributed by atoms with Gasteiger partial charge in [0.05, 0.1) is 6.54 Å². The van der Waals surface area contributed by atoms with Gasteiger partial charge in [-0.05, 0) is 66.8 Å². The molecule has 6 rings (SSSR count). The summed E-state index contributed by atoms with van der Waals surface area (Å²) in [4.78, 5) is 54.9. The van der Waals surface area contributed by atoms with Crippen LogP contribution in [0.3, 0.4) is 0 Å². The first-order valence-electron chi connectivity index (χ1n) is 12.5. The molecule has 3 aromatic rings. The lowest BCUT2D eigenvalue weighted by molar-refractivity contribution is -0.127. The highest BCUT2D eigenvalue weighted by Gasteiger charge is 2.47. The standard InChI is InChI=1S/C29H26N4O4/c34-25(17-30-27(35)26-22-6-2-3-7-23(22)29(37)33(26)21-13-14-21)31-20-11-9-19(10-12-20)28(36)32-16-15-18-5-1-4-8-24(18)32/h1-12,21,26H,13-17H2,(H,30,35)(H,31,34). The fourth-order valence-electron chi connectivity index (χ4n) is 5.20. The molecule has 8 nitrogen and oxygen atoms in total. The largest absolute Gasteiger partial charge is 0.345 e. The van der Waals surface area contributed by atoms with E-state index in [4.69, 9.17) is 0 Å². The Morgan fingerprint density at radius 2 is 1.62 bits per heavy atom. The average molecular weight is 495 g/mol. The van der Waals surface area contributed by atoms with Crippen LogP contribution in [0.25, 0.3) is 0 Å². The van der Waals surface area contributed by atoms with Crippen molar-refractivity contribution < 1.29 is 19.2 Å². The molecule has 1 unspecified atom stereocenters. The monoisotopic (exact) mass is 494 g/mol. The smallest absolute Gasteiger partial charge is 0.258 e. The normalized spacial score (nSPS) is 17.8. The molecule has 4 amide bonds. The minimum atomic E-state index is -0.718.